The molecule has 0 aromatic carbocycles. The van der Waals surface area contributed by atoms with E-state index >= 15 is 0 Å². The van der Waals surface area contributed by atoms with Gasteiger partial charge in [-0.3, -0.25) is 0 Å². The summed E-state index contributed by atoms with van der Waals surface area (Å²) in [5.41, 5.74) is 0. The number of hydrogen-bond acceptors (Lipinski definition) is 4. The molecule has 2 heterocycles. The highest BCUT2D eigenvalue weighted by Gasteiger charge is 2.31. The number of thioether (sulfide) groups is 1. The van der Waals surface area contributed by atoms with Gasteiger partial charge in [0.15, 0.2) is 5.03 Å². The molecule has 108 valence electrons. The molecule has 0 aromatic rings. The molecular formula is C11H20N4O3S. The Kier molecular flexibility index (Phi) is 5.26. The van der Waals surface area contributed by atoms with Crippen LogP contribution in [0.1, 0.15) is 6.42 Å². The van der Waals surface area contributed by atoms with Gasteiger partial charge < -0.3 is 14.5 Å². The van der Waals surface area contributed by atoms with Crippen molar-refractivity contribution in [2.24, 2.45) is 11.0 Å². The van der Waals surface area contributed by atoms with Gasteiger partial charge in [0.05, 0.1) is 6.61 Å². The second kappa shape index (κ2) is 6.95. The van der Waals surface area contributed by atoms with Gasteiger partial charge in [-0.1, -0.05) is 0 Å². The van der Waals surface area contributed by atoms with Crippen molar-refractivity contribution in [1.82, 2.24) is 9.80 Å². The van der Waals surface area contributed by atoms with Crippen LogP contribution in [0.5, 0.6) is 0 Å². The molecule has 2 fully saturated rings. The highest BCUT2D eigenvalue weighted by molar-refractivity contribution is 7.98. The summed E-state index contributed by atoms with van der Waals surface area (Å²) in [4.78, 5) is 14.7. The molecule has 0 N–H and O–H groups in total. The average Bonchev–Trinajstić information content (AvgIpc) is 2.99. The molecule has 0 aliphatic carbocycles. The fraction of sp³-hybridized carbons (Fsp3) is 0.909. The van der Waals surface area contributed by atoms with E-state index in [0.29, 0.717) is 11.9 Å². The summed E-state index contributed by atoms with van der Waals surface area (Å²) in [6, 6.07) is 0. The third kappa shape index (κ3) is 3.97. The van der Waals surface area contributed by atoms with Crippen LogP contribution in [-0.4, -0.2) is 72.2 Å². The molecule has 0 aromatic heterocycles. The lowest BCUT2D eigenvalue weighted by Crippen LogP contribution is -2.38. The minimum Gasteiger partial charge on any atom is -0.381 e. The van der Waals surface area contributed by atoms with Crippen molar-refractivity contribution in [3.05, 3.63) is 10.1 Å². The van der Waals surface area contributed by atoms with Crippen LogP contribution >= 0.6 is 11.8 Å². The van der Waals surface area contributed by atoms with Crippen molar-refractivity contribution in [3.63, 3.8) is 0 Å². The third-order valence-corrected chi connectivity index (χ3v) is 4.04. The quantitative estimate of drug-likeness (QED) is 0.525. The lowest BCUT2D eigenvalue weighted by atomic mass is 10.1. The highest BCUT2D eigenvalue weighted by Crippen LogP contribution is 2.18. The third-order valence-electron chi connectivity index (χ3n) is 3.44. The number of ether oxygens (including phenoxy) is 1. The number of rotatable bonds is 6. The molecule has 0 bridgehead atoms. The van der Waals surface area contributed by atoms with Crippen molar-refractivity contribution in [1.29, 1.82) is 0 Å². The molecule has 2 rings (SSSR count). The minimum absolute atomic E-state index is 0.470. The Hall–Kier alpha value is -1.02. The normalized spacial score (nSPS) is 25.5. The van der Waals surface area contributed by atoms with E-state index in [1.807, 2.05) is 16.1 Å². The molecule has 0 amide bonds. The lowest BCUT2D eigenvalue weighted by molar-refractivity contribution is -0.486. The SMILES string of the molecule is CSCCN1CCN(CC2CCOC2)C1=N[N+](=O)[O-]. The smallest absolute Gasteiger partial charge is 0.274 e. The minimum atomic E-state index is -0.592. The fourth-order valence-corrected chi connectivity index (χ4v) is 2.87. The summed E-state index contributed by atoms with van der Waals surface area (Å²) in [5, 5.41) is 13.7. The van der Waals surface area contributed by atoms with E-state index in [1.54, 1.807) is 11.8 Å². The Morgan fingerprint density at radius 2 is 2.32 bits per heavy atom. The van der Waals surface area contributed by atoms with Crippen LogP contribution in [0.25, 0.3) is 0 Å². The van der Waals surface area contributed by atoms with E-state index in [0.717, 1.165) is 51.6 Å². The largest absolute Gasteiger partial charge is 0.381 e. The maximum Gasteiger partial charge on any atom is 0.274 e. The van der Waals surface area contributed by atoms with Gasteiger partial charge in [0.25, 0.3) is 5.96 Å². The molecular weight excluding hydrogens is 268 g/mol. The van der Waals surface area contributed by atoms with Crippen LogP contribution in [0, 0.1) is 16.0 Å². The second-order valence-electron chi connectivity index (χ2n) is 4.79. The first-order chi connectivity index (χ1) is 9.20. The molecule has 2 aliphatic heterocycles. The van der Waals surface area contributed by atoms with E-state index in [9.17, 15) is 10.1 Å². The standard InChI is InChI=1S/C11H20N4O3S/c1-19-7-5-13-3-4-14(11(13)12-15(16)17)8-10-2-6-18-9-10/h10H,2-9H2,1H3. The van der Waals surface area contributed by atoms with Crippen LogP contribution in [0.4, 0.5) is 0 Å². The Labute approximate surface area is 117 Å². The summed E-state index contributed by atoms with van der Waals surface area (Å²) in [7, 11) is 0. The Morgan fingerprint density at radius 1 is 1.53 bits per heavy atom. The Balaban J connectivity index is 1.99. The van der Waals surface area contributed by atoms with Crippen LogP contribution in [0.3, 0.4) is 0 Å². The molecule has 19 heavy (non-hydrogen) atoms. The fourth-order valence-electron chi connectivity index (χ4n) is 2.47. The first kappa shape index (κ1) is 14.4. The van der Waals surface area contributed by atoms with Gasteiger partial charge in [0.2, 0.25) is 0 Å². The number of nitrogens with zero attached hydrogens (tertiary/aromatic N) is 4. The van der Waals surface area contributed by atoms with E-state index < -0.39 is 5.03 Å². The summed E-state index contributed by atoms with van der Waals surface area (Å²) >= 11 is 1.74. The maximum absolute atomic E-state index is 10.7. The zero-order valence-electron chi connectivity index (χ0n) is 11.2. The van der Waals surface area contributed by atoms with Crippen molar-refractivity contribution in [3.8, 4) is 0 Å². The van der Waals surface area contributed by atoms with Crippen LogP contribution in [0.15, 0.2) is 5.10 Å². The topological polar surface area (TPSA) is 71.2 Å². The molecule has 1 unspecified atom stereocenters. The van der Waals surface area contributed by atoms with E-state index in [2.05, 4.69) is 5.10 Å². The van der Waals surface area contributed by atoms with Gasteiger partial charge in [0, 0.05) is 44.5 Å². The molecule has 1 atom stereocenters. The lowest BCUT2D eigenvalue weighted by Gasteiger charge is -2.22. The van der Waals surface area contributed by atoms with Crippen molar-refractivity contribution in [2.45, 2.75) is 6.42 Å². The van der Waals surface area contributed by atoms with Gasteiger partial charge in [-0.15, -0.1) is 0 Å². The van der Waals surface area contributed by atoms with Crippen LogP contribution < -0.4 is 0 Å². The molecule has 7 nitrogen and oxygen atoms in total. The van der Waals surface area contributed by atoms with Gasteiger partial charge in [-0.05, 0) is 12.7 Å². The van der Waals surface area contributed by atoms with Crippen LogP contribution in [0.2, 0.25) is 0 Å². The molecule has 0 saturated carbocycles. The highest BCUT2D eigenvalue weighted by atomic mass is 32.2. The maximum atomic E-state index is 10.7. The van der Waals surface area contributed by atoms with E-state index in [-0.39, 0.29) is 0 Å². The summed E-state index contributed by atoms with van der Waals surface area (Å²) < 4.78 is 5.36. The Bertz CT molecular complexity index is 347. The first-order valence-corrected chi connectivity index (χ1v) is 7.89. The zero-order valence-corrected chi connectivity index (χ0v) is 12.0. The molecule has 0 spiro atoms. The van der Waals surface area contributed by atoms with E-state index in [4.69, 9.17) is 4.74 Å². The van der Waals surface area contributed by atoms with Crippen molar-refractivity contribution < 1.29 is 9.77 Å². The average molecular weight is 288 g/mol. The Morgan fingerprint density at radius 3 is 2.95 bits per heavy atom. The number of guanidine groups is 1. The second-order valence-corrected chi connectivity index (χ2v) is 5.78. The van der Waals surface area contributed by atoms with Gasteiger partial charge in [-0.2, -0.15) is 11.8 Å². The van der Waals surface area contributed by atoms with Crippen LogP contribution in [-0.2, 0) is 4.74 Å². The zero-order chi connectivity index (χ0) is 13.7. The summed E-state index contributed by atoms with van der Waals surface area (Å²) in [5.74, 6) is 1.94. The molecule has 8 heteroatoms. The predicted molar refractivity (Wildman–Crippen MR) is 74.9 cm³/mol. The summed E-state index contributed by atoms with van der Waals surface area (Å²) in [6.07, 6.45) is 3.07. The van der Waals surface area contributed by atoms with Crippen molar-refractivity contribution >= 4 is 17.7 Å². The molecule has 2 saturated heterocycles. The molecule has 0 radical (unpaired) electrons. The van der Waals surface area contributed by atoms with Gasteiger partial charge >= 0.3 is 0 Å². The van der Waals surface area contributed by atoms with Gasteiger partial charge in [0.1, 0.15) is 5.10 Å². The monoisotopic (exact) mass is 288 g/mol. The summed E-state index contributed by atoms with van der Waals surface area (Å²) in [6.45, 7) is 4.82. The number of hydrogen-bond donors (Lipinski definition) is 0. The van der Waals surface area contributed by atoms with Crippen molar-refractivity contribution in [2.75, 3.05) is 51.4 Å². The molecule has 2 aliphatic rings. The van der Waals surface area contributed by atoms with E-state index in [1.165, 1.54) is 0 Å². The first-order valence-electron chi connectivity index (χ1n) is 6.50. The predicted octanol–water partition coefficient (Wildman–Crippen LogP) is 0.551. The van der Waals surface area contributed by atoms with Gasteiger partial charge in [-0.25, -0.2) is 10.1 Å². The number of nitro groups is 1. The number of hydrazone groups is 1.